The zero-order chi connectivity index (χ0) is 17.7. The Morgan fingerprint density at radius 1 is 0.792 bits per heavy atom. The van der Waals surface area contributed by atoms with Crippen LogP contribution >= 0.6 is 0 Å². The molecule has 8 heteroatoms. The van der Waals surface area contributed by atoms with Crippen molar-refractivity contribution in [3.63, 3.8) is 0 Å². The lowest BCUT2D eigenvalue weighted by Crippen LogP contribution is -2.01. The van der Waals surface area contributed by atoms with Crippen LogP contribution in [0, 0.1) is 20.2 Å². The van der Waals surface area contributed by atoms with Gasteiger partial charge in [-0.25, -0.2) is 0 Å². The predicted octanol–water partition coefficient (Wildman–Crippen LogP) is 3.31. The zero-order valence-electron chi connectivity index (χ0n) is 13.2. The summed E-state index contributed by atoms with van der Waals surface area (Å²) in [6.07, 6.45) is 0.531. The van der Waals surface area contributed by atoms with Crippen molar-refractivity contribution in [2.75, 3.05) is 14.2 Å². The van der Waals surface area contributed by atoms with Crippen LogP contribution < -0.4 is 9.47 Å². The van der Waals surface area contributed by atoms with Gasteiger partial charge >= 0.3 is 0 Å². The molecule has 0 saturated heterocycles. The van der Waals surface area contributed by atoms with Crippen molar-refractivity contribution in [1.29, 1.82) is 0 Å². The topological polar surface area (TPSA) is 105 Å². The van der Waals surface area contributed by atoms with E-state index in [1.54, 1.807) is 12.1 Å². The Morgan fingerprint density at radius 3 is 1.46 bits per heavy atom. The van der Waals surface area contributed by atoms with Gasteiger partial charge in [0, 0.05) is 23.3 Å². The minimum absolute atomic E-state index is 0.0404. The van der Waals surface area contributed by atoms with Crippen LogP contribution in [-0.4, -0.2) is 24.1 Å². The lowest BCUT2D eigenvalue weighted by Gasteiger charge is -2.08. The molecule has 2 aromatic carbocycles. The van der Waals surface area contributed by atoms with Crippen LogP contribution in [0.2, 0.25) is 0 Å². The van der Waals surface area contributed by atoms with E-state index in [0.717, 1.165) is 0 Å². The summed E-state index contributed by atoms with van der Waals surface area (Å²) in [5.41, 5.74) is 0.829. The summed E-state index contributed by atoms with van der Waals surface area (Å²) in [7, 11) is 2.94. The van der Waals surface area contributed by atoms with E-state index in [4.69, 9.17) is 9.47 Å². The first-order chi connectivity index (χ1) is 11.5. The summed E-state index contributed by atoms with van der Waals surface area (Å²) in [6.45, 7) is 0. The predicted molar refractivity (Wildman–Crippen MR) is 86.7 cm³/mol. The van der Waals surface area contributed by atoms with E-state index in [1.165, 1.54) is 38.5 Å². The van der Waals surface area contributed by atoms with Gasteiger partial charge in [-0.15, -0.1) is 0 Å². The molecule has 0 aliphatic rings. The lowest BCUT2D eigenvalue weighted by atomic mass is 10.0. The van der Waals surface area contributed by atoms with E-state index in [2.05, 4.69) is 0 Å². The van der Waals surface area contributed by atoms with Gasteiger partial charge in [-0.1, -0.05) is 0 Å². The minimum Gasteiger partial charge on any atom is -0.497 e. The van der Waals surface area contributed by atoms with Crippen molar-refractivity contribution < 1.29 is 19.3 Å². The van der Waals surface area contributed by atoms with Gasteiger partial charge < -0.3 is 9.47 Å². The van der Waals surface area contributed by atoms with Gasteiger partial charge in [0.25, 0.3) is 11.4 Å². The Bertz CT molecular complexity index is 710. The second-order valence-corrected chi connectivity index (χ2v) is 5.00. The van der Waals surface area contributed by atoms with Crippen molar-refractivity contribution in [3.8, 4) is 11.5 Å². The average molecular weight is 332 g/mol. The third-order valence-corrected chi connectivity index (χ3v) is 3.63. The van der Waals surface area contributed by atoms with Crippen molar-refractivity contribution in [2.45, 2.75) is 12.8 Å². The second-order valence-electron chi connectivity index (χ2n) is 5.00. The van der Waals surface area contributed by atoms with Gasteiger partial charge in [0.15, 0.2) is 0 Å². The number of hydrogen-bond acceptors (Lipinski definition) is 6. The van der Waals surface area contributed by atoms with Crippen molar-refractivity contribution in [3.05, 3.63) is 67.8 Å². The Morgan fingerprint density at radius 2 is 1.17 bits per heavy atom. The highest BCUT2D eigenvalue weighted by Crippen LogP contribution is 2.29. The van der Waals surface area contributed by atoms with Crippen molar-refractivity contribution in [1.82, 2.24) is 0 Å². The van der Waals surface area contributed by atoms with Gasteiger partial charge in [0.1, 0.15) is 11.5 Å². The SMILES string of the molecule is COc1ccc([N+](=O)[O-])c(CCc2cc(OC)ccc2[N+](=O)[O-])c1. The third-order valence-electron chi connectivity index (χ3n) is 3.63. The summed E-state index contributed by atoms with van der Waals surface area (Å²) in [6, 6.07) is 8.90. The Kier molecular flexibility index (Phi) is 5.31. The lowest BCUT2D eigenvalue weighted by molar-refractivity contribution is -0.386. The Labute approximate surface area is 137 Å². The molecule has 126 valence electrons. The molecule has 0 radical (unpaired) electrons. The highest BCUT2D eigenvalue weighted by atomic mass is 16.6. The normalized spacial score (nSPS) is 10.2. The van der Waals surface area contributed by atoms with E-state index in [9.17, 15) is 20.2 Å². The van der Waals surface area contributed by atoms with Gasteiger partial charge in [-0.3, -0.25) is 20.2 Å². The maximum Gasteiger partial charge on any atom is 0.272 e. The average Bonchev–Trinajstić information content (AvgIpc) is 2.58. The van der Waals surface area contributed by atoms with E-state index in [-0.39, 0.29) is 24.2 Å². The molecule has 0 fully saturated rings. The molecular weight excluding hydrogens is 316 g/mol. The molecule has 0 aromatic heterocycles. The third kappa shape index (κ3) is 3.78. The molecule has 0 saturated carbocycles. The minimum atomic E-state index is -0.477. The van der Waals surface area contributed by atoms with Crippen LogP contribution in [0.15, 0.2) is 36.4 Å². The molecule has 0 heterocycles. The van der Waals surface area contributed by atoms with Crippen LogP contribution in [-0.2, 0) is 12.8 Å². The fourth-order valence-electron chi connectivity index (χ4n) is 2.40. The zero-order valence-corrected chi connectivity index (χ0v) is 13.2. The van der Waals surface area contributed by atoms with Crippen molar-refractivity contribution in [2.24, 2.45) is 0 Å². The van der Waals surface area contributed by atoms with E-state index < -0.39 is 9.85 Å². The smallest absolute Gasteiger partial charge is 0.272 e. The summed E-state index contributed by atoms with van der Waals surface area (Å²) in [5, 5.41) is 22.3. The molecule has 0 aliphatic heterocycles. The Balaban J connectivity index is 2.33. The maximum atomic E-state index is 11.1. The van der Waals surface area contributed by atoms with E-state index in [1.807, 2.05) is 0 Å². The first kappa shape index (κ1) is 17.2. The first-order valence-electron chi connectivity index (χ1n) is 7.09. The molecule has 8 nitrogen and oxygen atoms in total. The van der Waals surface area contributed by atoms with E-state index in [0.29, 0.717) is 22.6 Å². The molecule has 0 atom stereocenters. The fraction of sp³-hybridized carbons (Fsp3) is 0.250. The Hall–Kier alpha value is -3.16. The molecule has 2 rings (SSSR count). The van der Waals surface area contributed by atoms with Crippen LogP contribution in [0.4, 0.5) is 11.4 Å². The summed E-state index contributed by atoms with van der Waals surface area (Å²) in [5.74, 6) is 0.992. The largest absolute Gasteiger partial charge is 0.497 e. The number of nitro groups is 2. The standard InChI is InChI=1S/C16H16N2O6/c1-23-13-5-7-15(17(19)20)11(9-13)3-4-12-10-14(24-2)6-8-16(12)18(21)22/h5-10H,3-4H2,1-2H3. The number of ether oxygens (including phenoxy) is 2. The monoisotopic (exact) mass is 332 g/mol. The molecule has 0 bridgehead atoms. The number of nitrogens with zero attached hydrogens (tertiary/aromatic N) is 2. The van der Waals surface area contributed by atoms with E-state index >= 15 is 0 Å². The van der Waals surface area contributed by atoms with Crippen LogP contribution in [0.1, 0.15) is 11.1 Å². The molecular formula is C16H16N2O6. The molecule has 0 aliphatic carbocycles. The molecule has 0 N–H and O–H groups in total. The first-order valence-corrected chi connectivity index (χ1v) is 7.09. The number of benzene rings is 2. The summed E-state index contributed by atoms with van der Waals surface area (Å²) in [4.78, 5) is 21.3. The quantitative estimate of drug-likeness (QED) is 0.569. The number of methoxy groups -OCH3 is 2. The number of hydrogen-bond donors (Lipinski definition) is 0. The highest BCUT2D eigenvalue weighted by molar-refractivity contribution is 5.48. The second kappa shape index (κ2) is 7.40. The summed E-state index contributed by atoms with van der Waals surface area (Å²) < 4.78 is 10.2. The molecule has 24 heavy (non-hydrogen) atoms. The molecule has 0 unspecified atom stereocenters. The van der Waals surface area contributed by atoms with Crippen LogP contribution in [0.25, 0.3) is 0 Å². The van der Waals surface area contributed by atoms with Crippen LogP contribution in [0.5, 0.6) is 11.5 Å². The highest BCUT2D eigenvalue weighted by Gasteiger charge is 2.18. The number of rotatable bonds is 7. The molecule has 0 spiro atoms. The summed E-state index contributed by atoms with van der Waals surface area (Å²) >= 11 is 0. The number of nitro benzene ring substituents is 2. The van der Waals surface area contributed by atoms with Gasteiger partial charge in [0.05, 0.1) is 24.1 Å². The number of aryl methyl sites for hydroxylation is 2. The van der Waals surface area contributed by atoms with Gasteiger partial charge in [-0.2, -0.15) is 0 Å². The van der Waals surface area contributed by atoms with Gasteiger partial charge in [-0.05, 0) is 37.1 Å². The van der Waals surface area contributed by atoms with Crippen LogP contribution in [0.3, 0.4) is 0 Å². The van der Waals surface area contributed by atoms with Gasteiger partial charge in [0.2, 0.25) is 0 Å². The fourth-order valence-corrected chi connectivity index (χ4v) is 2.40. The molecule has 0 amide bonds. The van der Waals surface area contributed by atoms with Crippen molar-refractivity contribution >= 4 is 11.4 Å². The molecule has 2 aromatic rings. The maximum absolute atomic E-state index is 11.1.